The summed E-state index contributed by atoms with van der Waals surface area (Å²) >= 11 is 0. The molecule has 0 saturated carbocycles. The molecule has 0 radical (unpaired) electrons. The van der Waals surface area contributed by atoms with E-state index in [4.69, 9.17) is 0 Å². The first kappa shape index (κ1) is 36.9. The largest absolute Gasteiger partial charge is 0.310 e. The monoisotopic (exact) mass is 795 g/mol. The van der Waals surface area contributed by atoms with Gasteiger partial charge in [0, 0.05) is 16.9 Å². The molecule has 298 valence electrons. The molecule has 1 spiro atoms. The lowest BCUT2D eigenvalue weighted by Gasteiger charge is -2.42. The van der Waals surface area contributed by atoms with E-state index in [1.54, 1.807) is 0 Å². The van der Waals surface area contributed by atoms with E-state index in [-0.39, 0.29) is 10.8 Å². The highest BCUT2D eigenvalue weighted by molar-refractivity contribution is 6.01. The van der Waals surface area contributed by atoms with E-state index in [9.17, 15) is 0 Å². The fraction of sp³-hybridized carbons (Fsp3) is 0.148. The van der Waals surface area contributed by atoms with Gasteiger partial charge in [0.15, 0.2) is 0 Å². The van der Waals surface area contributed by atoms with Crippen LogP contribution in [-0.4, -0.2) is 0 Å². The van der Waals surface area contributed by atoms with Gasteiger partial charge in [-0.1, -0.05) is 191 Å². The average molecular weight is 796 g/mol. The molecule has 62 heavy (non-hydrogen) atoms. The van der Waals surface area contributed by atoms with Crippen molar-refractivity contribution < 1.29 is 0 Å². The van der Waals surface area contributed by atoms with E-state index < -0.39 is 5.41 Å². The summed E-state index contributed by atoms with van der Waals surface area (Å²) in [7, 11) is 0. The van der Waals surface area contributed by atoms with Gasteiger partial charge in [-0.2, -0.15) is 0 Å². The van der Waals surface area contributed by atoms with Crippen molar-refractivity contribution in [2.45, 2.75) is 56.8 Å². The van der Waals surface area contributed by atoms with Gasteiger partial charge in [-0.25, -0.2) is 0 Å². The number of fused-ring (bicyclic) bond motifs is 12. The Bertz CT molecular complexity index is 3190. The van der Waals surface area contributed by atoms with E-state index in [2.05, 4.69) is 233 Å². The number of hydrogen-bond acceptors (Lipinski definition) is 1. The van der Waals surface area contributed by atoms with E-state index in [0.29, 0.717) is 0 Å². The van der Waals surface area contributed by atoms with Gasteiger partial charge in [0.1, 0.15) is 0 Å². The van der Waals surface area contributed by atoms with Gasteiger partial charge < -0.3 is 4.90 Å². The van der Waals surface area contributed by atoms with Crippen LogP contribution in [0.15, 0.2) is 200 Å². The van der Waals surface area contributed by atoms with Crippen LogP contribution >= 0.6 is 0 Å². The molecule has 3 aliphatic carbocycles. The standard InChI is InChI=1S/C61H49N/c1-59(2)35-36-60(3,4)57-37-42(31-34-55(57)59)50-38-51-49-24-12-15-28-54(49)61(52-26-13-10-22-47(52)48-23-11-14-27-53(48)61)56(51)39-58(50)62(43-19-6-5-7-20-43)44-32-29-41(30-33-44)46-25-16-18-40-17-8-9-21-45(40)46/h5-34,37-39H,35-36H2,1-4H3. The average Bonchev–Trinajstić information content (AvgIpc) is 3.78. The Kier molecular flexibility index (Phi) is 8.04. The summed E-state index contributed by atoms with van der Waals surface area (Å²) in [5, 5.41) is 2.52. The van der Waals surface area contributed by atoms with Crippen LogP contribution in [0.5, 0.6) is 0 Å². The molecule has 0 aliphatic heterocycles. The molecule has 9 aromatic rings. The first-order valence-corrected chi connectivity index (χ1v) is 22.3. The zero-order valence-electron chi connectivity index (χ0n) is 35.9. The summed E-state index contributed by atoms with van der Waals surface area (Å²) in [6.07, 6.45) is 2.36. The third-order valence-electron chi connectivity index (χ3n) is 14.8. The van der Waals surface area contributed by atoms with Crippen molar-refractivity contribution in [3.05, 3.63) is 234 Å². The zero-order chi connectivity index (χ0) is 41.8. The van der Waals surface area contributed by atoms with Crippen molar-refractivity contribution in [3.63, 3.8) is 0 Å². The second-order valence-corrected chi connectivity index (χ2v) is 19.1. The lowest BCUT2D eigenvalue weighted by atomic mass is 9.63. The maximum atomic E-state index is 2.57. The topological polar surface area (TPSA) is 3.24 Å². The van der Waals surface area contributed by atoms with Gasteiger partial charge >= 0.3 is 0 Å². The fourth-order valence-corrected chi connectivity index (χ4v) is 11.6. The van der Waals surface area contributed by atoms with Crippen molar-refractivity contribution >= 4 is 27.8 Å². The normalized spacial score (nSPS) is 15.7. The van der Waals surface area contributed by atoms with Gasteiger partial charge in [0.2, 0.25) is 0 Å². The Morgan fingerprint density at radius 1 is 0.339 bits per heavy atom. The third-order valence-corrected chi connectivity index (χ3v) is 14.8. The molecule has 0 atom stereocenters. The predicted molar refractivity (Wildman–Crippen MR) is 261 cm³/mol. The third kappa shape index (κ3) is 5.27. The van der Waals surface area contributed by atoms with E-state index >= 15 is 0 Å². The molecular formula is C61H49N. The Labute approximate surface area is 366 Å². The van der Waals surface area contributed by atoms with Crippen molar-refractivity contribution in [2.75, 3.05) is 4.90 Å². The number of benzene rings is 9. The molecule has 9 aromatic carbocycles. The van der Waals surface area contributed by atoms with Crippen LogP contribution in [0.3, 0.4) is 0 Å². The second-order valence-electron chi connectivity index (χ2n) is 19.1. The molecule has 0 aromatic heterocycles. The van der Waals surface area contributed by atoms with Gasteiger partial charge in [-0.3, -0.25) is 0 Å². The summed E-state index contributed by atoms with van der Waals surface area (Å²) in [6.45, 7) is 9.73. The Balaban J connectivity index is 1.16. The highest BCUT2D eigenvalue weighted by Gasteiger charge is 2.52. The van der Waals surface area contributed by atoms with Crippen molar-refractivity contribution in [1.29, 1.82) is 0 Å². The second kappa shape index (κ2) is 13.5. The summed E-state index contributed by atoms with van der Waals surface area (Å²) in [5.41, 5.74) is 21.7. The Morgan fingerprint density at radius 2 is 0.855 bits per heavy atom. The molecule has 1 nitrogen and oxygen atoms in total. The van der Waals surface area contributed by atoms with Gasteiger partial charge in [-0.15, -0.1) is 0 Å². The Hall–Kier alpha value is -6.96. The van der Waals surface area contributed by atoms with Crippen LogP contribution in [0, 0.1) is 0 Å². The highest BCUT2D eigenvalue weighted by atomic mass is 15.1. The molecule has 0 unspecified atom stereocenters. The number of anilines is 3. The smallest absolute Gasteiger partial charge is 0.0726 e. The van der Waals surface area contributed by atoms with Gasteiger partial charge in [0.25, 0.3) is 0 Å². The van der Waals surface area contributed by atoms with Crippen LogP contribution in [0.2, 0.25) is 0 Å². The number of para-hydroxylation sites is 1. The molecule has 0 heterocycles. The van der Waals surface area contributed by atoms with Gasteiger partial charge in [0.05, 0.1) is 11.1 Å². The molecular weight excluding hydrogens is 747 g/mol. The number of rotatable bonds is 5. The minimum atomic E-state index is -0.463. The lowest BCUT2D eigenvalue weighted by Crippen LogP contribution is -2.33. The van der Waals surface area contributed by atoms with E-state index in [1.165, 1.54) is 107 Å². The highest BCUT2D eigenvalue weighted by Crippen LogP contribution is 2.64. The molecule has 0 fully saturated rings. The molecule has 3 aliphatic rings. The summed E-state index contributed by atoms with van der Waals surface area (Å²) in [4.78, 5) is 2.51. The van der Waals surface area contributed by atoms with Crippen molar-refractivity contribution in [1.82, 2.24) is 0 Å². The SMILES string of the molecule is CC1(C)CCC(C)(C)c2cc(-c3cc4c(cc3N(c3ccccc3)c3ccc(-c5cccc6ccccc56)cc3)C3(c5ccccc5-c5ccccc53)c3ccccc3-4)ccc21. The zero-order valence-corrected chi connectivity index (χ0v) is 35.9. The van der Waals surface area contributed by atoms with Crippen LogP contribution in [0.1, 0.15) is 73.9 Å². The molecule has 0 N–H and O–H groups in total. The molecule has 0 bridgehead atoms. The van der Waals surface area contributed by atoms with Crippen molar-refractivity contribution in [3.8, 4) is 44.5 Å². The number of hydrogen-bond donors (Lipinski definition) is 0. The number of nitrogens with zero attached hydrogens (tertiary/aromatic N) is 1. The Morgan fingerprint density at radius 3 is 1.53 bits per heavy atom. The van der Waals surface area contributed by atoms with Crippen LogP contribution in [0.4, 0.5) is 17.1 Å². The summed E-state index contributed by atoms with van der Waals surface area (Å²) in [6, 6.07) is 75.6. The fourth-order valence-electron chi connectivity index (χ4n) is 11.6. The molecule has 12 rings (SSSR count). The minimum absolute atomic E-state index is 0.0717. The first-order valence-electron chi connectivity index (χ1n) is 22.3. The maximum Gasteiger partial charge on any atom is 0.0726 e. The quantitative estimate of drug-likeness (QED) is 0.168. The molecule has 0 saturated heterocycles. The van der Waals surface area contributed by atoms with Crippen LogP contribution in [0.25, 0.3) is 55.3 Å². The summed E-state index contributed by atoms with van der Waals surface area (Å²) in [5.74, 6) is 0. The lowest BCUT2D eigenvalue weighted by molar-refractivity contribution is 0.332. The first-order chi connectivity index (χ1) is 30.2. The minimum Gasteiger partial charge on any atom is -0.310 e. The van der Waals surface area contributed by atoms with E-state index in [1.807, 2.05) is 0 Å². The van der Waals surface area contributed by atoms with Gasteiger partial charge in [-0.05, 0) is 143 Å². The maximum absolute atomic E-state index is 2.57. The van der Waals surface area contributed by atoms with Crippen molar-refractivity contribution in [2.24, 2.45) is 0 Å². The molecule has 1 heteroatoms. The van der Waals surface area contributed by atoms with Crippen LogP contribution < -0.4 is 4.90 Å². The summed E-state index contributed by atoms with van der Waals surface area (Å²) < 4.78 is 0. The predicted octanol–water partition coefficient (Wildman–Crippen LogP) is 16.3. The molecule has 0 amide bonds. The van der Waals surface area contributed by atoms with Crippen LogP contribution in [-0.2, 0) is 16.2 Å². The van der Waals surface area contributed by atoms with E-state index in [0.717, 1.165) is 11.4 Å².